The lowest BCUT2D eigenvalue weighted by molar-refractivity contribution is -0.144. The summed E-state index contributed by atoms with van der Waals surface area (Å²) in [7, 11) is 0. The molecule has 0 aromatic heterocycles. The first-order valence-electron chi connectivity index (χ1n) is 6.37. The van der Waals surface area contributed by atoms with Crippen molar-refractivity contribution in [1.29, 1.82) is 0 Å². The highest BCUT2D eigenvalue weighted by Gasteiger charge is 2.44. The molecule has 1 atom stereocenters. The topological polar surface area (TPSA) is 87.7 Å². The van der Waals surface area contributed by atoms with E-state index in [0.29, 0.717) is 13.0 Å². The Morgan fingerprint density at radius 1 is 1.17 bits per heavy atom. The first-order valence-corrected chi connectivity index (χ1v) is 6.37. The number of aliphatic carboxylic acids is 1. The van der Waals surface area contributed by atoms with E-state index >= 15 is 0 Å². The quantitative estimate of drug-likeness (QED) is 0.699. The van der Waals surface area contributed by atoms with Crippen molar-refractivity contribution >= 4 is 12.0 Å². The molecule has 0 spiro atoms. The maximum Gasteiger partial charge on any atom is 0.332 e. The fourth-order valence-electron chi connectivity index (χ4n) is 2.69. The van der Waals surface area contributed by atoms with Crippen molar-refractivity contribution in [1.82, 2.24) is 10.6 Å². The molecule has 6 heteroatoms. The van der Waals surface area contributed by atoms with E-state index in [-0.39, 0.29) is 12.1 Å². The normalized spacial score (nSPS) is 30.1. The van der Waals surface area contributed by atoms with E-state index in [4.69, 9.17) is 4.74 Å². The van der Waals surface area contributed by atoms with Crippen molar-refractivity contribution in [2.45, 2.75) is 50.1 Å². The van der Waals surface area contributed by atoms with Crippen LogP contribution in [0.3, 0.4) is 0 Å². The van der Waals surface area contributed by atoms with Crippen LogP contribution in [0.1, 0.15) is 39.0 Å². The minimum Gasteiger partial charge on any atom is -0.479 e. The number of urea groups is 1. The van der Waals surface area contributed by atoms with Crippen LogP contribution in [0.15, 0.2) is 0 Å². The Kier molecular flexibility index (Phi) is 3.47. The number of ether oxygens (including phenoxy) is 1. The van der Waals surface area contributed by atoms with Gasteiger partial charge >= 0.3 is 12.0 Å². The van der Waals surface area contributed by atoms with Crippen LogP contribution in [-0.2, 0) is 9.53 Å². The summed E-state index contributed by atoms with van der Waals surface area (Å²) < 4.78 is 5.09. The third kappa shape index (κ3) is 2.58. The third-order valence-corrected chi connectivity index (χ3v) is 3.91. The van der Waals surface area contributed by atoms with E-state index in [0.717, 1.165) is 25.7 Å². The van der Waals surface area contributed by atoms with E-state index in [2.05, 4.69) is 10.6 Å². The maximum atomic E-state index is 11.9. The molecule has 6 nitrogen and oxygen atoms in total. The van der Waals surface area contributed by atoms with Crippen LogP contribution in [0.2, 0.25) is 0 Å². The molecule has 0 bridgehead atoms. The van der Waals surface area contributed by atoms with Crippen molar-refractivity contribution in [3.8, 4) is 0 Å². The van der Waals surface area contributed by atoms with Gasteiger partial charge in [-0.15, -0.1) is 0 Å². The first-order chi connectivity index (χ1) is 8.46. The van der Waals surface area contributed by atoms with Gasteiger partial charge in [0.1, 0.15) is 0 Å². The van der Waals surface area contributed by atoms with Crippen LogP contribution in [0.5, 0.6) is 0 Å². The smallest absolute Gasteiger partial charge is 0.332 e. The highest BCUT2D eigenvalue weighted by molar-refractivity contribution is 5.87. The number of rotatable bonds is 3. The monoisotopic (exact) mass is 256 g/mol. The number of hydrogen-bond acceptors (Lipinski definition) is 3. The molecule has 3 N–H and O–H groups in total. The number of carbonyl (C=O) groups excluding carboxylic acids is 1. The van der Waals surface area contributed by atoms with E-state index in [1.54, 1.807) is 0 Å². The second kappa shape index (κ2) is 4.76. The molecule has 1 aliphatic heterocycles. The number of carboxylic acids is 1. The van der Waals surface area contributed by atoms with Crippen LogP contribution >= 0.6 is 0 Å². The zero-order valence-corrected chi connectivity index (χ0v) is 10.6. The van der Waals surface area contributed by atoms with Gasteiger partial charge in [-0.1, -0.05) is 12.8 Å². The standard InChI is InChI=1S/C12H20N2O4/c1-11(4-2-3-5-11)13-10(17)14-12(9(15)16)6-7-18-8-12/h2-8H2,1H3,(H,15,16)(H2,13,14,17). The molecule has 1 unspecified atom stereocenters. The summed E-state index contributed by atoms with van der Waals surface area (Å²) >= 11 is 0. The number of carboxylic acid groups (broad SMARTS) is 1. The average Bonchev–Trinajstić information content (AvgIpc) is 2.88. The van der Waals surface area contributed by atoms with Gasteiger partial charge in [0.05, 0.1) is 6.61 Å². The highest BCUT2D eigenvalue weighted by atomic mass is 16.5. The molecule has 0 aromatic carbocycles. The lowest BCUT2D eigenvalue weighted by Crippen LogP contribution is -2.60. The van der Waals surface area contributed by atoms with Gasteiger partial charge in [-0.05, 0) is 19.8 Å². The molecular formula is C12H20N2O4. The summed E-state index contributed by atoms with van der Waals surface area (Å²) in [6.07, 6.45) is 4.40. The van der Waals surface area contributed by atoms with E-state index in [1.807, 2.05) is 6.92 Å². The Morgan fingerprint density at radius 3 is 2.33 bits per heavy atom. The molecule has 2 fully saturated rings. The van der Waals surface area contributed by atoms with Crippen LogP contribution in [-0.4, -0.2) is 41.4 Å². The first kappa shape index (κ1) is 13.1. The minimum atomic E-state index is -1.26. The van der Waals surface area contributed by atoms with Crippen molar-refractivity contribution in [3.63, 3.8) is 0 Å². The Hall–Kier alpha value is -1.30. The largest absolute Gasteiger partial charge is 0.479 e. The molecule has 18 heavy (non-hydrogen) atoms. The van der Waals surface area contributed by atoms with Gasteiger partial charge in [-0.2, -0.15) is 0 Å². The minimum absolute atomic E-state index is 0.0342. The van der Waals surface area contributed by atoms with Crippen molar-refractivity contribution in [3.05, 3.63) is 0 Å². The summed E-state index contributed by atoms with van der Waals surface area (Å²) in [5, 5.41) is 14.7. The summed E-state index contributed by atoms with van der Waals surface area (Å²) in [5.74, 6) is -1.04. The second-order valence-corrected chi connectivity index (χ2v) is 5.54. The van der Waals surface area contributed by atoms with Gasteiger partial charge in [0.25, 0.3) is 0 Å². The van der Waals surface area contributed by atoms with Crippen LogP contribution in [0, 0.1) is 0 Å². The van der Waals surface area contributed by atoms with Gasteiger partial charge in [0.15, 0.2) is 5.54 Å². The molecule has 2 rings (SSSR count). The van der Waals surface area contributed by atoms with Gasteiger partial charge in [-0.25, -0.2) is 9.59 Å². The number of amides is 2. The Morgan fingerprint density at radius 2 is 1.83 bits per heavy atom. The predicted octanol–water partition coefficient (Wildman–Crippen LogP) is 0.862. The summed E-state index contributed by atoms with van der Waals surface area (Å²) in [6, 6.07) is -0.410. The molecule has 2 aliphatic rings. The molecule has 0 radical (unpaired) electrons. The Bertz CT molecular complexity index is 344. The second-order valence-electron chi connectivity index (χ2n) is 5.54. The lowest BCUT2D eigenvalue weighted by atomic mass is 9.98. The molecule has 1 heterocycles. The summed E-state index contributed by atoms with van der Waals surface area (Å²) in [5.41, 5.74) is -1.47. The summed E-state index contributed by atoms with van der Waals surface area (Å²) in [4.78, 5) is 23.2. The van der Waals surface area contributed by atoms with E-state index < -0.39 is 17.5 Å². The number of hydrogen-bond donors (Lipinski definition) is 3. The number of carbonyl (C=O) groups is 2. The average molecular weight is 256 g/mol. The molecule has 1 aliphatic carbocycles. The third-order valence-electron chi connectivity index (χ3n) is 3.91. The van der Waals surface area contributed by atoms with Gasteiger partial charge in [-0.3, -0.25) is 0 Å². The van der Waals surface area contributed by atoms with Crippen LogP contribution in [0.25, 0.3) is 0 Å². The molecule has 1 saturated carbocycles. The fraction of sp³-hybridized carbons (Fsp3) is 0.833. The van der Waals surface area contributed by atoms with Crippen molar-refractivity contribution in [2.75, 3.05) is 13.2 Å². The van der Waals surface area contributed by atoms with Gasteiger partial charge < -0.3 is 20.5 Å². The van der Waals surface area contributed by atoms with E-state index in [1.165, 1.54) is 0 Å². The van der Waals surface area contributed by atoms with Crippen LogP contribution in [0.4, 0.5) is 4.79 Å². The highest BCUT2D eigenvalue weighted by Crippen LogP contribution is 2.29. The fourth-order valence-corrected chi connectivity index (χ4v) is 2.69. The Labute approximate surface area is 106 Å². The zero-order valence-electron chi connectivity index (χ0n) is 10.6. The lowest BCUT2D eigenvalue weighted by Gasteiger charge is -2.29. The predicted molar refractivity (Wildman–Crippen MR) is 64.3 cm³/mol. The molecule has 2 amide bonds. The number of nitrogens with one attached hydrogen (secondary N) is 2. The van der Waals surface area contributed by atoms with Gasteiger partial charge in [0, 0.05) is 18.6 Å². The summed E-state index contributed by atoms with van der Waals surface area (Å²) in [6.45, 7) is 2.40. The van der Waals surface area contributed by atoms with E-state index in [9.17, 15) is 14.7 Å². The van der Waals surface area contributed by atoms with Crippen LogP contribution < -0.4 is 10.6 Å². The maximum absolute atomic E-state index is 11.9. The van der Waals surface area contributed by atoms with Crippen molar-refractivity contribution in [2.24, 2.45) is 0 Å². The molecule has 102 valence electrons. The van der Waals surface area contributed by atoms with Crippen molar-refractivity contribution < 1.29 is 19.4 Å². The SMILES string of the molecule is CC1(NC(=O)NC2(C(=O)O)CCOC2)CCCC1. The molecule has 1 saturated heterocycles. The zero-order chi connectivity index (χ0) is 13.2. The van der Waals surface area contributed by atoms with Gasteiger partial charge in [0.2, 0.25) is 0 Å². The molecular weight excluding hydrogens is 236 g/mol. The molecule has 0 aromatic rings. The Balaban J connectivity index is 1.95.